The summed E-state index contributed by atoms with van der Waals surface area (Å²) in [6, 6.07) is 6.09. The number of para-hydroxylation sites is 1. The van der Waals surface area contributed by atoms with Crippen molar-refractivity contribution in [1.82, 2.24) is 4.98 Å². The molecule has 0 unspecified atom stereocenters. The van der Waals surface area contributed by atoms with Crippen LogP contribution in [0.2, 0.25) is 0 Å². The molecular weight excluding hydrogens is 236 g/mol. The molecule has 0 aliphatic carbocycles. The normalized spacial score (nSPS) is 10.5. The third kappa shape index (κ3) is 1.21. The molecule has 62 valence electrons. The second-order valence-electron chi connectivity index (χ2n) is 2.36. The molecule has 0 saturated heterocycles. The second-order valence-corrected chi connectivity index (χ2v) is 4.24. The van der Waals surface area contributed by atoms with Crippen LogP contribution in [0, 0.1) is 0 Å². The molecule has 0 aliphatic rings. The predicted octanol–water partition coefficient (Wildman–Crippen LogP) is 3.10. The molecule has 2 nitrogen and oxygen atoms in total. The Morgan fingerprint density at radius 3 is 3.00 bits per heavy atom. The maximum Gasteiger partial charge on any atom is 0.183 e. The minimum absolute atomic E-state index is 0.955. The highest BCUT2D eigenvalue weighted by Gasteiger charge is 2.03. The molecule has 2 rings (SSSR count). The molecule has 12 heavy (non-hydrogen) atoms. The van der Waals surface area contributed by atoms with Crippen molar-refractivity contribution in [2.75, 3.05) is 12.4 Å². The molecule has 0 radical (unpaired) electrons. The van der Waals surface area contributed by atoms with Crippen LogP contribution in [0.15, 0.2) is 22.7 Å². The minimum atomic E-state index is 0.955. The van der Waals surface area contributed by atoms with Crippen LogP contribution < -0.4 is 5.32 Å². The Kier molecular flexibility index (Phi) is 2.02. The van der Waals surface area contributed by atoms with Gasteiger partial charge in [0.2, 0.25) is 0 Å². The fourth-order valence-electron chi connectivity index (χ4n) is 1.02. The molecular formula is C8H7BrN2S. The molecule has 0 fully saturated rings. The first kappa shape index (κ1) is 8.01. The number of nitrogens with one attached hydrogen (secondary N) is 1. The van der Waals surface area contributed by atoms with Crippen LogP contribution in [-0.4, -0.2) is 12.0 Å². The third-order valence-electron chi connectivity index (χ3n) is 1.58. The Morgan fingerprint density at radius 2 is 2.33 bits per heavy atom. The minimum Gasteiger partial charge on any atom is -0.365 e. The molecule has 0 atom stereocenters. The van der Waals surface area contributed by atoms with Crippen molar-refractivity contribution in [2.45, 2.75) is 0 Å². The summed E-state index contributed by atoms with van der Waals surface area (Å²) in [4.78, 5) is 4.39. The van der Waals surface area contributed by atoms with Gasteiger partial charge in [-0.15, -0.1) is 0 Å². The van der Waals surface area contributed by atoms with Crippen LogP contribution in [0.4, 0.5) is 5.13 Å². The summed E-state index contributed by atoms with van der Waals surface area (Å²) in [5, 5.41) is 3.99. The average Bonchev–Trinajstić information content (AvgIpc) is 2.49. The van der Waals surface area contributed by atoms with E-state index in [0.29, 0.717) is 0 Å². The zero-order chi connectivity index (χ0) is 8.55. The molecule has 0 saturated carbocycles. The Hall–Kier alpha value is -0.610. The van der Waals surface area contributed by atoms with Crippen molar-refractivity contribution in [2.24, 2.45) is 0 Å². The first-order chi connectivity index (χ1) is 5.81. The molecule has 1 heterocycles. The maximum absolute atomic E-state index is 4.39. The molecule has 0 spiro atoms. The Bertz CT molecular complexity index is 410. The summed E-state index contributed by atoms with van der Waals surface area (Å²) in [5.74, 6) is 0. The Morgan fingerprint density at radius 1 is 1.50 bits per heavy atom. The third-order valence-corrected chi connectivity index (χ3v) is 3.26. The van der Waals surface area contributed by atoms with Crippen molar-refractivity contribution in [3.8, 4) is 0 Å². The van der Waals surface area contributed by atoms with E-state index >= 15 is 0 Å². The van der Waals surface area contributed by atoms with Gasteiger partial charge in [-0.05, 0) is 28.1 Å². The summed E-state index contributed by atoms with van der Waals surface area (Å²) in [5.41, 5.74) is 1.03. The van der Waals surface area contributed by atoms with Crippen LogP contribution >= 0.6 is 27.3 Å². The van der Waals surface area contributed by atoms with E-state index in [0.717, 1.165) is 15.1 Å². The molecule has 0 aliphatic heterocycles. The lowest BCUT2D eigenvalue weighted by atomic mass is 10.3. The zero-order valence-corrected chi connectivity index (χ0v) is 8.87. The molecule has 0 bridgehead atoms. The summed E-state index contributed by atoms with van der Waals surface area (Å²) in [7, 11) is 1.88. The first-order valence-corrected chi connectivity index (χ1v) is 5.15. The largest absolute Gasteiger partial charge is 0.365 e. The van der Waals surface area contributed by atoms with Gasteiger partial charge in [-0.1, -0.05) is 17.4 Å². The van der Waals surface area contributed by atoms with E-state index in [1.807, 2.05) is 19.2 Å². The molecule has 0 amide bonds. The number of anilines is 1. The van der Waals surface area contributed by atoms with Gasteiger partial charge in [0, 0.05) is 11.5 Å². The Balaban J connectivity index is 2.74. The monoisotopic (exact) mass is 242 g/mol. The molecule has 1 N–H and O–H groups in total. The number of aromatic nitrogens is 1. The highest BCUT2D eigenvalue weighted by Crippen LogP contribution is 2.30. The van der Waals surface area contributed by atoms with Gasteiger partial charge in [-0.25, -0.2) is 4.98 Å². The van der Waals surface area contributed by atoms with Crippen molar-refractivity contribution in [3.63, 3.8) is 0 Å². The number of hydrogen-bond acceptors (Lipinski definition) is 3. The molecule has 4 heteroatoms. The predicted molar refractivity (Wildman–Crippen MR) is 56.9 cm³/mol. The van der Waals surface area contributed by atoms with Gasteiger partial charge in [-0.3, -0.25) is 0 Å². The summed E-state index contributed by atoms with van der Waals surface area (Å²) < 4.78 is 2.26. The molecule has 1 aromatic carbocycles. The lowest BCUT2D eigenvalue weighted by molar-refractivity contribution is 1.41. The van der Waals surface area contributed by atoms with Gasteiger partial charge in [0.1, 0.15) is 0 Å². The van der Waals surface area contributed by atoms with Crippen molar-refractivity contribution < 1.29 is 0 Å². The van der Waals surface area contributed by atoms with Crippen LogP contribution in [0.3, 0.4) is 0 Å². The van der Waals surface area contributed by atoms with Crippen molar-refractivity contribution >= 4 is 42.6 Å². The average molecular weight is 243 g/mol. The van der Waals surface area contributed by atoms with E-state index in [1.165, 1.54) is 4.70 Å². The standard InChI is InChI=1S/C8H7BrN2S/c1-10-8-11-7-5(9)3-2-4-6(7)12-8/h2-4H,1H3,(H,10,11). The smallest absolute Gasteiger partial charge is 0.183 e. The lowest BCUT2D eigenvalue weighted by Crippen LogP contribution is -1.84. The van der Waals surface area contributed by atoms with Gasteiger partial charge in [0.05, 0.1) is 10.2 Å². The Labute approximate surface area is 82.8 Å². The number of benzene rings is 1. The SMILES string of the molecule is CNc1nc2c(Br)cccc2s1. The number of halogens is 1. The van der Waals surface area contributed by atoms with E-state index in [2.05, 4.69) is 32.3 Å². The van der Waals surface area contributed by atoms with Crippen LogP contribution in [0.1, 0.15) is 0 Å². The summed E-state index contributed by atoms with van der Waals surface area (Å²) in [6.07, 6.45) is 0. The summed E-state index contributed by atoms with van der Waals surface area (Å²) in [6.45, 7) is 0. The number of fused-ring (bicyclic) bond motifs is 1. The van der Waals surface area contributed by atoms with E-state index < -0.39 is 0 Å². The van der Waals surface area contributed by atoms with Gasteiger partial charge in [0.15, 0.2) is 5.13 Å². The quantitative estimate of drug-likeness (QED) is 0.832. The zero-order valence-electron chi connectivity index (χ0n) is 6.47. The van der Waals surface area contributed by atoms with Crippen LogP contribution in [-0.2, 0) is 0 Å². The molecule has 1 aromatic heterocycles. The number of hydrogen-bond donors (Lipinski definition) is 1. The van der Waals surface area contributed by atoms with E-state index in [1.54, 1.807) is 11.3 Å². The van der Waals surface area contributed by atoms with Crippen molar-refractivity contribution in [3.05, 3.63) is 22.7 Å². The number of rotatable bonds is 1. The topological polar surface area (TPSA) is 24.9 Å². The highest BCUT2D eigenvalue weighted by atomic mass is 79.9. The van der Waals surface area contributed by atoms with Gasteiger partial charge < -0.3 is 5.32 Å². The highest BCUT2D eigenvalue weighted by molar-refractivity contribution is 9.10. The van der Waals surface area contributed by atoms with Crippen molar-refractivity contribution in [1.29, 1.82) is 0 Å². The fourth-order valence-corrected chi connectivity index (χ4v) is 2.45. The first-order valence-electron chi connectivity index (χ1n) is 3.54. The maximum atomic E-state index is 4.39. The lowest BCUT2D eigenvalue weighted by Gasteiger charge is -1.88. The van der Waals surface area contributed by atoms with Gasteiger partial charge in [-0.2, -0.15) is 0 Å². The second kappa shape index (κ2) is 3.03. The van der Waals surface area contributed by atoms with E-state index in [-0.39, 0.29) is 0 Å². The van der Waals surface area contributed by atoms with E-state index in [4.69, 9.17) is 0 Å². The summed E-state index contributed by atoms with van der Waals surface area (Å²) >= 11 is 5.11. The van der Waals surface area contributed by atoms with Gasteiger partial charge in [0.25, 0.3) is 0 Å². The molecule has 2 aromatic rings. The number of thiazole rings is 1. The number of nitrogens with zero attached hydrogens (tertiary/aromatic N) is 1. The van der Waals surface area contributed by atoms with E-state index in [9.17, 15) is 0 Å². The fraction of sp³-hybridized carbons (Fsp3) is 0.125. The van der Waals surface area contributed by atoms with Gasteiger partial charge >= 0.3 is 0 Å². The van der Waals surface area contributed by atoms with Crippen LogP contribution in [0.5, 0.6) is 0 Å². The van der Waals surface area contributed by atoms with Crippen LogP contribution in [0.25, 0.3) is 10.2 Å².